The van der Waals surface area contributed by atoms with E-state index >= 15 is 0 Å². The number of aliphatic hydroxyl groups excluding tert-OH is 1. The van der Waals surface area contributed by atoms with Crippen LogP contribution < -0.4 is 49.5 Å². The van der Waals surface area contributed by atoms with Crippen molar-refractivity contribution in [3.05, 3.63) is 165 Å². The molecule has 90 heavy (non-hydrogen) atoms. The van der Waals surface area contributed by atoms with Crippen molar-refractivity contribution in [3.63, 3.8) is 0 Å². The van der Waals surface area contributed by atoms with Gasteiger partial charge in [-0.3, -0.25) is 33.6 Å². The lowest BCUT2D eigenvalue weighted by Gasteiger charge is -2.20. The summed E-state index contributed by atoms with van der Waals surface area (Å²) in [4.78, 5) is 88.1. The van der Waals surface area contributed by atoms with E-state index in [1.54, 1.807) is 18.2 Å². The molecule has 6 heterocycles. The zero-order chi connectivity index (χ0) is 66.4. The van der Waals surface area contributed by atoms with Gasteiger partial charge in [0.25, 0.3) is 28.5 Å². The van der Waals surface area contributed by atoms with E-state index in [0.717, 1.165) is 4.57 Å². The van der Waals surface area contributed by atoms with Gasteiger partial charge in [0, 0.05) is 47.4 Å². The number of fused-ring (bicyclic) bond motifs is 3. The zero-order valence-corrected chi connectivity index (χ0v) is 56.0. The molecule has 0 unspecified atom stereocenters. The van der Waals surface area contributed by atoms with E-state index in [1.807, 2.05) is 109 Å². The number of carbonyl (C=O) groups excluding carboxylic acids is 2. The Morgan fingerprint density at radius 1 is 0.522 bits per heavy atom. The Balaban J connectivity index is 0.000000202. The molecule has 0 atom stereocenters. The topological polar surface area (TPSA) is 290 Å². The largest absolute Gasteiger partial charge is 0.478 e. The molecular formula is C59H66F6I3N9O13. The van der Waals surface area contributed by atoms with Crippen LogP contribution in [0.4, 0.5) is 60.5 Å². The average Bonchev–Trinajstić information content (AvgIpc) is 1.73. The first-order valence-electron chi connectivity index (χ1n) is 27.8. The number of carbonyl (C=O) groups is 3. The normalized spacial score (nSPS) is 12.9. The van der Waals surface area contributed by atoms with E-state index in [2.05, 4.69) is 31.7 Å². The van der Waals surface area contributed by atoms with Crippen molar-refractivity contribution in [3.8, 4) is 0 Å². The van der Waals surface area contributed by atoms with Gasteiger partial charge in [-0.05, 0) is 202 Å². The van der Waals surface area contributed by atoms with Gasteiger partial charge in [-0.15, -0.1) is 0 Å². The predicted molar refractivity (Wildman–Crippen MR) is 347 cm³/mol. The number of pyridine rings is 3. The average molecular weight is 1600 g/mol. The number of carboxylic acid groups (broad SMARTS) is 1. The maximum absolute atomic E-state index is 15.0. The van der Waals surface area contributed by atoms with Gasteiger partial charge in [0.2, 0.25) is 17.5 Å². The minimum absolute atomic E-state index is 0.0461. The molecule has 31 heteroatoms. The Hall–Kier alpha value is -6.19. The number of benzene rings is 3. The molecule has 0 radical (unpaired) electrons. The first-order valence-corrected chi connectivity index (χ1v) is 31.0. The summed E-state index contributed by atoms with van der Waals surface area (Å²) < 4.78 is 103. The molecule has 2 amide bonds. The Morgan fingerprint density at radius 3 is 1.16 bits per heavy atom. The molecule has 9 N–H and O–H groups in total. The lowest BCUT2D eigenvalue weighted by atomic mass is 10.1. The van der Waals surface area contributed by atoms with Gasteiger partial charge in [-0.2, -0.15) is 13.2 Å². The summed E-state index contributed by atoms with van der Waals surface area (Å²) in [6.07, 6.45) is 2.90. The molecule has 3 aliphatic heterocycles. The summed E-state index contributed by atoms with van der Waals surface area (Å²) in [6.45, 7) is 13.4. The first-order chi connectivity index (χ1) is 42.5. The lowest BCUT2D eigenvalue weighted by molar-refractivity contribution is -0.0511. The van der Waals surface area contributed by atoms with E-state index in [1.165, 1.54) is 45.5 Å². The number of hydroxylamine groups is 2. The number of nitrogens with two attached hydrogens (primary N) is 1. The third-order valence-corrected chi connectivity index (χ3v) is 15.2. The van der Waals surface area contributed by atoms with E-state index in [0.29, 0.717) is 86.9 Å². The van der Waals surface area contributed by atoms with Crippen molar-refractivity contribution >= 4 is 120 Å². The summed E-state index contributed by atoms with van der Waals surface area (Å²) in [6, 6.07) is 12.7. The number of aromatic carboxylic acids is 1. The van der Waals surface area contributed by atoms with Gasteiger partial charge in [0.15, 0.2) is 0 Å². The number of hydrogen-bond donors (Lipinski definition) is 8. The molecule has 6 aromatic rings. The summed E-state index contributed by atoms with van der Waals surface area (Å²) in [5.41, 5.74) is 0.330. The Morgan fingerprint density at radius 2 is 0.844 bits per heavy atom. The number of rotatable bonds is 19. The minimum atomic E-state index is -1.36. The first kappa shape index (κ1) is 72.9. The fourth-order valence-electron chi connectivity index (χ4n) is 9.33. The number of nitrogens with zero attached hydrogens (tertiary/aromatic N) is 3. The molecule has 488 valence electrons. The van der Waals surface area contributed by atoms with Gasteiger partial charge in [-0.25, -0.2) is 34.8 Å². The van der Waals surface area contributed by atoms with Crippen molar-refractivity contribution in [1.29, 1.82) is 0 Å². The zero-order valence-electron chi connectivity index (χ0n) is 49.5. The highest BCUT2D eigenvalue weighted by Crippen LogP contribution is 2.34. The smallest absolute Gasteiger partial charge is 0.339 e. The number of ether oxygens (including phenoxy) is 2. The summed E-state index contributed by atoms with van der Waals surface area (Å²) in [5.74, 6) is -3.58. The van der Waals surface area contributed by atoms with Crippen LogP contribution in [0.3, 0.4) is 0 Å². The number of anilines is 6. The van der Waals surface area contributed by atoms with Crippen LogP contribution in [0.2, 0.25) is 0 Å². The number of nitrogens with one attached hydrogen (secondary N) is 5. The number of hydrogen-bond acceptors (Lipinski definition) is 16. The highest BCUT2D eigenvalue weighted by molar-refractivity contribution is 14.1. The standard InChI is InChI=1S/C21H24F2IN3O4.C17H16F2IN3O4.C15H11F2IN2O3.C6H15NO2/c1-21(2,3)30-9-10-31-26-19(28)16-15-5-4-8-27(15)20(29)17(23)18(16)25-14-7-6-12(24)11-13(14)22;18-10-8-9(20)3-4-11(10)21-15-13(16(25)22-27-7-6-24)12-2-1-5-23(12)17(26)14(15)19;16-8-6-7(18)3-4-9(8)19-13-11(15(22)23)10-2-1-5-20(10)14(21)12(13)17;1-6(2,3)8-4-5-9-7/h6-7,11,25H,4-5,8-10H2,1-3H3,(H,26,28);3-4,8,21,24H,1-2,5-7H2,(H,22,25);3-4,6,19H,1-2,5H2,(H,22,23);4-5,7H2,1-3H3. The van der Waals surface area contributed by atoms with E-state index in [9.17, 15) is 60.2 Å². The van der Waals surface area contributed by atoms with Crippen LogP contribution in [0.5, 0.6) is 0 Å². The summed E-state index contributed by atoms with van der Waals surface area (Å²) in [5, 5.41) is 25.8. The molecule has 0 saturated carbocycles. The number of aromatic nitrogens is 3. The molecule has 0 aliphatic carbocycles. The number of carboxylic acids is 1. The molecule has 3 aromatic carbocycles. The Bertz CT molecular complexity index is 3810. The van der Waals surface area contributed by atoms with Crippen LogP contribution in [0.1, 0.15) is 109 Å². The Labute approximate surface area is 552 Å². The molecule has 0 spiro atoms. The number of halogens is 9. The molecule has 0 saturated heterocycles. The van der Waals surface area contributed by atoms with E-state index in [4.69, 9.17) is 30.2 Å². The maximum atomic E-state index is 15.0. The maximum Gasteiger partial charge on any atom is 0.339 e. The van der Waals surface area contributed by atoms with E-state index in [-0.39, 0.29) is 89.3 Å². The third kappa shape index (κ3) is 19.2. The molecule has 22 nitrogen and oxygen atoms in total. The van der Waals surface area contributed by atoms with Crippen molar-refractivity contribution in [2.45, 2.75) is 111 Å². The quantitative estimate of drug-likeness (QED) is 0.0162. The fraction of sp³-hybridized carbons (Fsp3) is 0.390. The van der Waals surface area contributed by atoms with Gasteiger partial charge >= 0.3 is 5.97 Å². The van der Waals surface area contributed by atoms with Gasteiger partial charge in [0.05, 0.1) is 96.1 Å². The lowest BCUT2D eigenvalue weighted by Crippen LogP contribution is -2.33. The SMILES string of the molecule is CC(C)(C)OCCON.CC(C)(C)OCCONC(=O)c1c(Nc2ccc(I)cc2F)c(F)c(=O)n2c1CCC2.O=C(NOCCO)c1c(Nc2ccc(I)cc2F)c(F)c(=O)n2c1CCC2.O=C(O)c1c(Nc2ccc(I)cc2F)c(F)c(=O)n2c1CCC2. The minimum Gasteiger partial charge on any atom is -0.478 e. The highest BCUT2D eigenvalue weighted by Gasteiger charge is 2.33. The highest BCUT2D eigenvalue weighted by atomic mass is 127. The van der Waals surface area contributed by atoms with Crippen LogP contribution in [0, 0.1) is 45.6 Å². The van der Waals surface area contributed by atoms with Crippen LogP contribution in [0.15, 0.2) is 69.0 Å². The molecule has 9 rings (SSSR count). The summed E-state index contributed by atoms with van der Waals surface area (Å²) >= 11 is 5.79. The fourth-order valence-corrected chi connectivity index (χ4v) is 10.7. The van der Waals surface area contributed by atoms with Crippen molar-refractivity contribution < 1.29 is 74.9 Å². The van der Waals surface area contributed by atoms with Gasteiger partial charge < -0.3 is 54.2 Å². The molecule has 0 fully saturated rings. The van der Waals surface area contributed by atoms with Gasteiger partial charge in [0.1, 0.15) is 23.0 Å². The number of amides is 2. The van der Waals surface area contributed by atoms with Crippen LogP contribution >= 0.6 is 67.8 Å². The van der Waals surface area contributed by atoms with Crippen molar-refractivity contribution in [2.75, 3.05) is 55.6 Å². The second kappa shape index (κ2) is 32.9. The van der Waals surface area contributed by atoms with Crippen LogP contribution in [-0.2, 0) is 62.9 Å². The van der Waals surface area contributed by atoms with Crippen molar-refractivity contribution in [2.24, 2.45) is 5.90 Å². The third-order valence-electron chi connectivity index (χ3n) is 13.2. The predicted octanol–water partition coefficient (Wildman–Crippen LogP) is 9.78. The van der Waals surface area contributed by atoms with Crippen LogP contribution in [0.25, 0.3) is 0 Å². The molecular weight excluding hydrogens is 1540 g/mol. The molecule has 0 bridgehead atoms. The second-order valence-electron chi connectivity index (χ2n) is 21.8. The van der Waals surface area contributed by atoms with Gasteiger partial charge in [-0.1, -0.05) is 0 Å². The van der Waals surface area contributed by atoms with Crippen molar-refractivity contribution in [1.82, 2.24) is 24.7 Å². The van der Waals surface area contributed by atoms with E-state index < -0.39 is 80.7 Å². The monoisotopic (exact) mass is 1600 g/mol. The number of aliphatic hydroxyl groups is 1. The molecule has 3 aliphatic rings. The second-order valence-corrected chi connectivity index (χ2v) is 25.6. The van der Waals surface area contributed by atoms with Crippen LogP contribution in [-0.4, -0.2) is 92.5 Å². The summed E-state index contributed by atoms with van der Waals surface area (Å²) in [7, 11) is 0. The Kier molecular flexibility index (Phi) is 26.6. The molecule has 3 aromatic heterocycles.